The molecule has 6 heteroatoms. The Bertz CT molecular complexity index is 979. The van der Waals surface area contributed by atoms with Gasteiger partial charge >= 0.3 is 0 Å². The van der Waals surface area contributed by atoms with E-state index in [1.54, 1.807) is 12.1 Å². The van der Waals surface area contributed by atoms with E-state index in [2.05, 4.69) is 5.32 Å². The Morgan fingerprint density at radius 2 is 1.90 bits per heavy atom. The second-order valence-electron chi connectivity index (χ2n) is 6.66. The number of amides is 1. The molecular formula is C23H25NO4S. The van der Waals surface area contributed by atoms with Gasteiger partial charge in [-0.3, -0.25) is 9.00 Å². The Hall–Kier alpha value is -2.86. The molecule has 0 radical (unpaired) electrons. The van der Waals surface area contributed by atoms with E-state index in [0.717, 1.165) is 21.8 Å². The zero-order chi connectivity index (χ0) is 20.6. The molecule has 1 amide bonds. The standard InChI is InChI=1S/C23H25NO4S/c1-3-27-19-9-7-18(8-10-19)13-14-24-23(25)22-12-11-20(28-22)16-29(26)21-6-4-5-17(2)15-21/h4-12,15H,3,13-14,16H2,1-2H3,(H,24,25). The molecule has 0 aliphatic carbocycles. The molecule has 0 aliphatic heterocycles. The quantitative estimate of drug-likeness (QED) is 0.571. The number of carbonyl (C=O) groups excluding carboxylic acids is 1. The molecule has 1 N–H and O–H groups in total. The van der Waals surface area contributed by atoms with Crippen LogP contribution in [0.3, 0.4) is 0 Å². The van der Waals surface area contributed by atoms with Crippen LogP contribution in [0.4, 0.5) is 0 Å². The smallest absolute Gasteiger partial charge is 0.287 e. The van der Waals surface area contributed by atoms with Gasteiger partial charge in [-0.2, -0.15) is 0 Å². The summed E-state index contributed by atoms with van der Waals surface area (Å²) < 4.78 is 23.5. The highest BCUT2D eigenvalue weighted by molar-refractivity contribution is 7.84. The summed E-state index contributed by atoms with van der Waals surface area (Å²) in [6, 6.07) is 18.7. The minimum Gasteiger partial charge on any atom is -0.494 e. The molecule has 0 spiro atoms. The number of carbonyl (C=O) groups is 1. The predicted octanol–water partition coefficient (Wildman–Crippen LogP) is 4.27. The van der Waals surface area contributed by atoms with E-state index in [1.807, 2.05) is 62.4 Å². The fraction of sp³-hybridized carbons (Fsp3) is 0.261. The van der Waals surface area contributed by atoms with E-state index < -0.39 is 10.8 Å². The van der Waals surface area contributed by atoms with Crippen molar-refractivity contribution in [3.63, 3.8) is 0 Å². The minimum absolute atomic E-state index is 0.230. The van der Waals surface area contributed by atoms with Crippen LogP contribution < -0.4 is 10.1 Å². The molecule has 0 bridgehead atoms. The molecule has 2 aromatic carbocycles. The zero-order valence-corrected chi connectivity index (χ0v) is 17.5. The van der Waals surface area contributed by atoms with Crippen molar-refractivity contribution in [2.75, 3.05) is 13.2 Å². The maximum Gasteiger partial charge on any atom is 0.287 e. The Kier molecular flexibility index (Phi) is 7.25. The maximum atomic E-state index is 12.5. The SMILES string of the molecule is CCOc1ccc(CCNC(=O)c2ccc(CS(=O)c3cccc(C)c3)o2)cc1. The van der Waals surface area contributed by atoms with Crippen LogP contribution in [0.15, 0.2) is 70.0 Å². The summed E-state index contributed by atoms with van der Waals surface area (Å²) >= 11 is 0. The number of benzene rings is 2. The van der Waals surface area contributed by atoms with Crippen molar-refractivity contribution in [1.29, 1.82) is 0 Å². The molecular weight excluding hydrogens is 386 g/mol. The highest BCUT2D eigenvalue weighted by Gasteiger charge is 2.13. The summed E-state index contributed by atoms with van der Waals surface area (Å²) in [6.07, 6.45) is 0.711. The van der Waals surface area contributed by atoms with Gasteiger partial charge in [0.1, 0.15) is 11.5 Å². The summed E-state index contributed by atoms with van der Waals surface area (Å²) in [4.78, 5) is 13.0. The summed E-state index contributed by atoms with van der Waals surface area (Å²) in [5.74, 6) is 1.56. The van der Waals surface area contributed by atoms with Crippen molar-refractivity contribution in [3.8, 4) is 5.75 Å². The van der Waals surface area contributed by atoms with Gasteiger partial charge in [-0.05, 0) is 67.8 Å². The van der Waals surface area contributed by atoms with E-state index >= 15 is 0 Å². The highest BCUT2D eigenvalue weighted by Crippen LogP contribution is 2.16. The van der Waals surface area contributed by atoms with Gasteiger partial charge in [0.15, 0.2) is 5.76 Å². The van der Waals surface area contributed by atoms with Crippen LogP contribution in [0.25, 0.3) is 0 Å². The molecule has 1 heterocycles. The van der Waals surface area contributed by atoms with E-state index in [-0.39, 0.29) is 17.4 Å². The van der Waals surface area contributed by atoms with Gasteiger partial charge in [0.2, 0.25) is 0 Å². The fourth-order valence-electron chi connectivity index (χ4n) is 2.87. The van der Waals surface area contributed by atoms with Crippen LogP contribution in [-0.4, -0.2) is 23.3 Å². The van der Waals surface area contributed by atoms with Gasteiger partial charge in [-0.25, -0.2) is 0 Å². The van der Waals surface area contributed by atoms with Crippen LogP contribution in [-0.2, 0) is 23.0 Å². The van der Waals surface area contributed by atoms with Crippen molar-refractivity contribution in [2.24, 2.45) is 0 Å². The van der Waals surface area contributed by atoms with Crippen LogP contribution in [0.1, 0.15) is 34.4 Å². The molecule has 0 aliphatic rings. The lowest BCUT2D eigenvalue weighted by Crippen LogP contribution is -2.25. The number of rotatable bonds is 9. The molecule has 1 atom stereocenters. The molecule has 0 fully saturated rings. The van der Waals surface area contributed by atoms with Crippen LogP contribution in [0, 0.1) is 6.92 Å². The van der Waals surface area contributed by atoms with E-state index in [1.165, 1.54) is 0 Å². The molecule has 1 unspecified atom stereocenters. The summed E-state index contributed by atoms with van der Waals surface area (Å²) in [5, 5.41) is 2.85. The molecule has 1 aromatic heterocycles. The predicted molar refractivity (Wildman–Crippen MR) is 114 cm³/mol. The third-order valence-corrected chi connectivity index (χ3v) is 5.67. The van der Waals surface area contributed by atoms with Crippen molar-refractivity contribution >= 4 is 16.7 Å². The molecule has 29 heavy (non-hydrogen) atoms. The van der Waals surface area contributed by atoms with Gasteiger partial charge < -0.3 is 14.5 Å². The average molecular weight is 412 g/mol. The molecule has 3 aromatic rings. The number of hydrogen-bond donors (Lipinski definition) is 1. The Balaban J connectivity index is 1.49. The van der Waals surface area contributed by atoms with Gasteiger partial charge in [-0.15, -0.1) is 0 Å². The Morgan fingerprint density at radius 3 is 2.62 bits per heavy atom. The van der Waals surface area contributed by atoms with Crippen LogP contribution in [0.5, 0.6) is 5.75 Å². The lowest BCUT2D eigenvalue weighted by atomic mass is 10.1. The largest absolute Gasteiger partial charge is 0.494 e. The third kappa shape index (κ3) is 6.06. The van der Waals surface area contributed by atoms with Crippen LogP contribution >= 0.6 is 0 Å². The molecule has 3 rings (SSSR count). The minimum atomic E-state index is -1.21. The number of nitrogens with one attached hydrogen (secondary N) is 1. The van der Waals surface area contributed by atoms with Gasteiger partial charge in [0.05, 0.1) is 23.2 Å². The van der Waals surface area contributed by atoms with Crippen molar-refractivity contribution in [3.05, 3.63) is 83.3 Å². The molecule has 5 nitrogen and oxygen atoms in total. The average Bonchev–Trinajstić information content (AvgIpc) is 3.18. The second-order valence-corrected chi connectivity index (χ2v) is 8.11. The normalized spacial score (nSPS) is 11.8. The monoisotopic (exact) mass is 411 g/mol. The first-order valence-electron chi connectivity index (χ1n) is 9.59. The first-order chi connectivity index (χ1) is 14.0. The van der Waals surface area contributed by atoms with Crippen molar-refractivity contribution in [1.82, 2.24) is 5.32 Å². The van der Waals surface area contributed by atoms with Gasteiger partial charge in [0.25, 0.3) is 5.91 Å². The number of hydrogen-bond acceptors (Lipinski definition) is 4. The fourth-order valence-corrected chi connectivity index (χ4v) is 4.00. The number of ether oxygens (including phenoxy) is 1. The first-order valence-corrected chi connectivity index (χ1v) is 10.9. The summed E-state index contributed by atoms with van der Waals surface area (Å²) in [7, 11) is -1.21. The van der Waals surface area contributed by atoms with Crippen LogP contribution in [0.2, 0.25) is 0 Å². The molecule has 152 valence electrons. The van der Waals surface area contributed by atoms with Gasteiger partial charge in [-0.1, -0.05) is 24.3 Å². The third-order valence-electron chi connectivity index (χ3n) is 4.34. The number of furan rings is 1. The maximum absolute atomic E-state index is 12.5. The Labute approximate surface area is 173 Å². The summed E-state index contributed by atoms with van der Waals surface area (Å²) in [5.41, 5.74) is 2.17. The molecule has 0 saturated heterocycles. The lowest BCUT2D eigenvalue weighted by Gasteiger charge is -2.06. The van der Waals surface area contributed by atoms with E-state index in [4.69, 9.17) is 9.15 Å². The Morgan fingerprint density at radius 1 is 1.10 bits per heavy atom. The zero-order valence-electron chi connectivity index (χ0n) is 16.6. The second kappa shape index (κ2) is 10.1. The van der Waals surface area contributed by atoms with Gasteiger partial charge in [0, 0.05) is 11.4 Å². The van der Waals surface area contributed by atoms with Crippen molar-refractivity contribution in [2.45, 2.75) is 30.9 Å². The highest BCUT2D eigenvalue weighted by atomic mass is 32.2. The number of aryl methyl sites for hydroxylation is 1. The van der Waals surface area contributed by atoms with Crippen molar-refractivity contribution < 1.29 is 18.2 Å². The van der Waals surface area contributed by atoms with E-state index in [0.29, 0.717) is 25.3 Å². The topological polar surface area (TPSA) is 68.5 Å². The molecule has 0 saturated carbocycles. The summed E-state index contributed by atoms with van der Waals surface area (Å²) in [6.45, 7) is 5.05. The lowest BCUT2D eigenvalue weighted by molar-refractivity contribution is 0.0925. The van der Waals surface area contributed by atoms with E-state index in [9.17, 15) is 9.00 Å². The first kappa shape index (κ1) is 20.9.